The van der Waals surface area contributed by atoms with E-state index < -0.39 is 4.92 Å². The lowest BCUT2D eigenvalue weighted by molar-refractivity contribution is -0.385. The molecule has 0 spiro atoms. The van der Waals surface area contributed by atoms with E-state index in [-0.39, 0.29) is 5.69 Å². The molecule has 7 heteroatoms. The van der Waals surface area contributed by atoms with Gasteiger partial charge in [-0.1, -0.05) is 11.3 Å². The molecule has 0 saturated heterocycles. The van der Waals surface area contributed by atoms with Gasteiger partial charge in [0.1, 0.15) is 6.20 Å². The van der Waals surface area contributed by atoms with Crippen molar-refractivity contribution in [3.05, 3.63) is 34.6 Å². The van der Waals surface area contributed by atoms with Crippen LogP contribution in [0.3, 0.4) is 0 Å². The van der Waals surface area contributed by atoms with E-state index in [0.717, 1.165) is 4.88 Å². The van der Waals surface area contributed by atoms with E-state index in [1.54, 1.807) is 12.3 Å². The molecule has 0 bridgehead atoms. The minimum atomic E-state index is -0.488. The maximum atomic E-state index is 10.4. The monoisotopic (exact) mass is 222 g/mol. The molecule has 2 N–H and O–H groups in total. The summed E-state index contributed by atoms with van der Waals surface area (Å²) < 4.78 is 0. The highest BCUT2D eigenvalue weighted by Gasteiger charge is 2.08. The second-order valence-electron chi connectivity index (χ2n) is 2.72. The van der Waals surface area contributed by atoms with Crippen molar-refractivity contribution in [3.63, 3.8) is 0 Å². The van der Waals surface area contributed by atoms with Gasteiger partial charge in [-0.25, -0.2) is 9.97 Å². The van der Waals surface area contributed by atoms with Gasteiger partial charge < -0.3 is 5.73 Å². The van der Waals surface area contributed by atoms with Gasteiger partial charge in [-0.15, -0.1) is 0 Å². The van der Waals surface area contributed by atoms with Crippen LogP contribution in [0.2, 0.25) is 0 Å². The third-order valence-corrected chi connectivity index (χ3v) is 2.58. The van der Waals surface area contributed by atoms with Crippen LogP contribution in [-0.4, -0.2) is 14.9 Å². The standard InChI is InChI=1S/C8H6N4O2S/c9-8-11-4-7(15-8)6-2-1-5(3-10-6)12(13)14/h1-4H,(H2,9,11). The molecule has 0 amide bonds. The first-order valence-corrected chi connectivity index (χ1v) is 4.80. The molecule has 0 saturated carbocycles. The van der Waals surface area contributed by atoms with Crippen molar-refractivity contribution in [3.8, 4) is 10.6 Å². The van der Waals surface area contributed by atoms with Gasteiger partial charge in [-0.2, -0.15) is 0 Å². The molecule has 0 atom stereocenters. The van der Waals surface area contributed by atoms with Crippen molar-refractivity contribution < 1.29 is 4.92 Å². The number of hydrogen-bond acceptors (Lipinski definition) is 6. The fraction of sp³-hybridized carbons (Fsp3) is 0. The van der Waals surface area contributed by atoms with Crippen LogP contribution in [0.15, 0.2) is 24.5 Å². The Morgan fingerprint density at radius 2 is 2.13 bits per heavy atom. The smallest absolute Gasteiger partial charge is 0.287 e. The largest absolute Gasteiger partial charge is 0.375 e. The van der Waals surface area contributed by atoms with Crippen LogP contribution in [0, 0.1) is 10.1 Å². The zero-order valence-corrected chi connectivity index (χ0v) is 8.27. The van der Waals surface area contributed by atoms with Crippen LogP contribution in [0.4, 0.5) is 10.8 Å². The van der Waals surface area contributed by atoms with E-state index in [1.807, 2.05) is 0 Å². The van der Waals surface area contributed by atoms with Gasteiger partial charge in [0.2, 0.25) is 0 Å². The van der Waals surface area contributed by atoms with Crippen molar-refractivity contribution in [2.75, 3.05) is 5.73 Å². The van der Waals surface area contributed by atoms with Crippen molar-refractivity contribution >= 4 is 22.2 Å². The Morgan fingerprint density at radius 1 is 1.33 bits per heavy atom. The minimum Gasteiger partial charge on any atom is -0.375 e. The molecule has 76 valence electrons. The summed E-state index contributed by atoms with van der Waals surface area (Å²) in [6.45, 7) is 0. The molecule has 0 fully saturated rings. The molecule has 0 aliphatic carbocycles. The van der Waals surface area contributed by atoms with E-state index in [4.69, 9.17) is 5.73 Å². The quantitative estimate of drug-likeness (QED) is 0.616. The van der Waals surface area contributed by atoms with E-state index in [1.165, 1.54) is 23.6 Å². The summed E-state index contributed by atoms with van der Waals surface area (Å²) >= 11 is 1.29. The molecule has 2 aromatic rings. The number of nitrogens with zero attached hydrogens (tertiary/aromatic N) is 3. The first kappa shape index (κ1) is 9.53. The third kappa shape index (κ3) is 1.91. The van der Waals surface area contributed by atoms with Crippen molar-refractivity contribution in [2.24, 2.45) is 0 Å². The lowest BCUT2D eigenvalue weighted by Gasteiger charge is -1.94. The minimum absolute atomic E-state index is 0.0313. The van der Waals surface area contributed by atoms with Gasteiger partial charge in [-0.05, 0) is 6.07 Å². The van der Waals surface area contributed by atoms with Crippen LogP contribution in [0.5, 0.6) is 0 Å². The van der Waals surface area contributed by atoms with Crippen molar-refractivity contribution in [1.29, 1.82) is 0 Å². The van der Waals surface area contributed by atoms with Gasteiger partial charge in [0, 0.05) is 12.3 Å². The summed E-state index contributed by atoms with van der Waals surface area (Å²) in [6.07, 6.45) is 2.80. The molecular weight excluding hydrogens is 216 g/mol. The van der Waals surface area contributed by atoms with E-state index in [0.29, 0.717) is 10.8 Å². The van der Waals surface area contributed by atoms with E-state index >= 15 is 0 Å². The third-order valence-electron chi connectivity index (χ3n) is 1.73. The first-order chi connectivity index (χ1) is 7.16. The molecule has 2 heterocycles. The van der Waals surface area contributed by atoms with Crippen LogP contribution in [-0.2, 0) is 0 Å². The zero-order chi connectivity index (χ0) is 10.8. The number of anilines is 1. The first-order valence-electron chi connectivity index (χ1n) is 3.99. The predicted molar refractivity (Wildman–Crippen MR) is 56.4 cm³/mol. The SMILES string of the molecule is Nc1ncc(-c2ccc([N+](=O)[O-])cn2)s1. The van der Waals surface area contributed by atoms with Crippen LogP contribution in [0.1, 0.15) is 0 Å². The number of aromatic nitrogens is 2. The maximum Gasteiger partial charge on any atom is 0.287 e. The van der Waals surface area contributed by atoms with Crippen molar-refractivity contribution in [2.45, 2.75) is 0 Å². The number of rotatable bonds is 2. The molecular formula is C8H6N4O2S. The second kappa shape index (κ2) is 3.62. The molecule has 0 aliphatic rings. The molecule has 2 aromatic heterocycles. The summed E-state index contributed by atoms with van der Waals surface area (Å²) in [5.74, 6) is 0. The highest BCUT2D eigenvalue weighted by atomic mass is 32.1. The van der Waals surface area contributed by atoms with Gasteiger partial charge in [0.15, 0.2) is 5.13 Å². The normalized spacial score (nSPS) is 10.1. The lowest BCUT2D eigenvalue weighted by Crippen LogP contribution is -1.89. The number of pyridine rings is 1. The van der Waals surface area contributed by atoms with E-state index in [2.05, 4.69) is 9.97 Å². The number of nitrogens with two attached hydrogens (primary N) is 1. The topological polar surface area (TPSA) is 94.9 Å². The molecule has 0 unspecified atom stereocenters. The zero-order valence-electron chi connectivity index (χ0n) is 7.45. The molecule has 0 aliphatic heterocycles. The fourth-order valence-electron chi connectivity index (χ4n) is 1.05. The number of nitro groups is 1. The number of thiazole rings is 1. The van der Waals surface area contributed by atoms with Gasteiger partial charge in [-0.3, -0.25) is 10.1 Å². The summed E-state index contributed by atoms with van der Waals surface area (Å²) in [7, 11) is 0. The Bertz CT molecular complexity index is 494. The molecule has 0 aromatic carbocycles. The Hall–Kier alpha value is -2.02. The number of nitrogen functional groups attached to an aromatic ring is 1. The Labute approximate surface area is 88.6 Å². The lowest BCUT2D eigenvalue weighted by atomic mass is 10.3. The van der Waals surface area contributed by atoms with Crippen LogP contribution in [0.25, 0.3) is 10.6 Å². The Balaban J connectivity index is 2.35. The second-order valence-corrected chi connectivity index (χ2v) is 3.78. The summed E-state index contributed by atoms with van der Waals surface area (Å²) in [6, 6.07) is 2.98. The van der Waals surface area contributed by atoms with Crippen LogP contribution >= 0.6 is 11.3 Å². The van der Waals surface area contributed by atoms with Gasteiger partial charge in [0.25, 0.3) is 5.69 Å². The predicted octanol–water partition coefficient (Wildman–Crippen LogP) is 1.70. The highest BCUT2D eigenvalue weighted by molar-refractivity contribution is 7.18. The van der Waals surface area contributed by atoms with Gasteiger partial charge >= 0.3 is 0 Å². The maximum absolute atomic E-state index is 10.4. The molecule has 0 radical (unpaired) electrons. The molecule has 2 rings (SSSR count). The van der Waals surface area contributed by atoms with Crippen LogP contribution < -0.4 is 5.73 Å². The summed E-state index contributed by atoms with van der Waals surface area (Å²) in [4.78, 5) is 18.5. The average molecular weight is 222 g/mol. The molecule has 6 nitrogen and oxygen atoms in total. The highest BCUT2D eigenvalue weighted by Crippen LogP contribution is 2.26. The average Bonchev–Trinajstić information content (AvgIpc) is 2.65. The number of hydrogen-bond donors (Lipinski definition) is 1. The fourth-order valence-corrected chi connectivity index (χ4v) is 1.71. The van der Waals surface area contributed by atoms with E-state index in [9.17, 15) is 10.1 Å². The summed E-state index contributed by atoms with van der Waals surface area (Å²) in [5.41, 5.74) is 6.07. The Kier molecular flexibility index (Phi) is 2.30. The van der Waals surface area contributed by atoms with Crippen molar-refractivity contribution in [1.82, 2.24) is 9.97 Å². The Morgan fingerprint density at radius 3 is 2.60 bits per heavy atom. The molecule has 15 heavy (non-hydrogen) atoms. The van der Waals surface area contributed by atoms with Gasteiger partial charge in [0.05, 0.1) is 15.5 Å². The summed E-state index contributed by atoms with van der Waals surface area (Å²) in [5, 5.41) is 10.8.